The number of rotatable bonds is 4. The summed E-state index contributed by atoms with van der Waals surface area (Å²) in [5.41, 5.74) is 1.40. The highest BCUT2D eigenvalue weighted by Gasteiger charge is 2.44. The minimum Gasteiger partial charge on any atom is -0.384 e. The van der Waals surface area contributed by atoms with Crippen molar-refractivity contribution in [3.63, 3.8) is 0 Å². The first kappa shape index (κ1) is 11.1. The molecule has 1 aromatic carbocycles. The molecule has 1 saturated carbocycles. The fraction of sp³-hybridized carbons (Fsp3) is 0.462. The van der Waals surface area contributed by atoms with Crippen LogP contribution in [0.3, 0.4) is 0 Å². The zero-order valence-electron chi connectivity index (χ0n) is 9.44. The van der Waals surface area contributed by atoms with Crippen LogP contribution < -0.4 is 5.32 Å². The molecule has 0 aliphatic heterocycles. The van der Waals surface area contributed by atoms with Gasteiger partial charge in [-0.1, -0.05) is 30.3 Å². The van der Waals surface area contributed by atoms with Crippen molar-refractivity contribution in [2.75, 3.05) is 6.54 Å². The fourth-order valence-corrected chi connectivity index (χ4v) is 1.91. The average molecular weight is 219 g/mol. The molecule has 1 aliphatic carbocycles. The Labute approximate surface area is 95.5 Å². The van der Waals surface area contributed by atoms with Crippen molar-refractivity contribution in [2.24, 2.45) is 0 Å². The van der Waals surface area contributed by atoms with Crippen LogP contribution in [0.2, 0.25) is 0 Å². The Balaban J connectivity index is 1.97. The Morgan fingerprint density at radius 1 is 1.44 bits per heavy atom. The highest BCUT2D eigenvalue weighted by molar-refractivity contribution is 5.80. The Morgan fingerprint density at radius 3 is 2.56 bits per heavy atom. The van der Waals surface area contributed by atoms with E-state index in [1.165, 1.54) is 12.5 Å². The van der Waals surface area contributed by atoms with Crippen molar-refractivity contribution in [1.82, 2.24) is 5.32 Å². The van der Waals surface area contributed by atoms with E-state index < -0.39 is 6.10 Å². The van der Waals surface area contributed by atoms with E-state index in [0.29, 0.717) is 6.54 Å². The number of aliphatic hydroxyl groups excluding tert-OH is 1. The van der Waals surface area contributed by atoms with Crippen LogP contribution in [0, 0.1) is 0 Å². The maximum Gasteiger partial charge on any atom is 0.248 e. The molecule has 3 nitrogen and oxygen atoms in total. The number of hydrogen-bond donors (Lipinski definition) is 2. The molecule has 1 fully saturated rings. The van der Waals surface area contributed by atoms with E-state index >= 15 is 0 Å². The molecule has 0 aromatic heterocycles. The average Bonchev–Trinajstić information content (AvgIpc) is 3.08. The van der Waals surface area contributed by atoms with Gasteiger partial charge in [0.1, 0.15) is 6.10 Å². The maximum atomic E-state index is 11.3. The molecule has 3 heteroatoms. The summed E-state index contributed by atoms with van der Waals surface area (Å²) in [4.78, 5) is 11.3. The first-order chi connectivity index (χ1) is 7.64. The van der Waals surface area contributed by atoms with Gasteiger partial charge in [-0.2, -0.15) is 0 Å². The molecule has 0 heterocycles. The summed E-state index contributed by atoms with van der Waals surface area (Å²) >= 11 is 0. The quantitative estimate of drug-likeness (QED) is 0.799. The van der Waals surface area contributed by atoms with Crippen LogP contribution in [0.15, 0.2) is 30.3 Å². The van der Waals surface area contributed by atoms with Gasteiger partial charge in [-0.3, -0.25) is 4.79 Å². The van der Waals surface area contributed by atoms with Crippen LogP contribution in [0.4, 0.5) is 0 Å². The molecule has 1 unspecified atom stereocenters. The lowest BCUT2D eigenvalue weighted by Crippen LogP contribution is -2.37. The Bertz CT molecular complexity index is 369. The standard InChI is InChI=1S/C13H17NO2/c1-10(15)12(16)14-9-13(7-8-13)11-5-3-2-4-6-11/h2-6,10,15H,7-9H2,1H3,(H,14,16). The highest BCUT2D eigenvalue weighted by Crippen LogP contribution is 2.47. The second-order valence-electron chi connectivity index (χ2n) is 4.54. The summed E-state index contributed by atoms with van der Waals surface area (Å²) < 4.78 is 0. The number of nitrogens with one attached hydrogen (secondary N) is 1. The van der Waals surface area contributed by atoms with Crippen LogP contribution in [0.1, 0.15) is 25.3 Å². The van der Waals surface area contributed by atoms with Gasteiger partial charge >= 0.3 is 0 Å². The first-order valence-electron chi connectivity index (χ1n) is 5.65. The highest BCUT2D eigenvalue weighted by atomic mass is 16.3. The molecular formula is C13H17NO2. The number of carbonyl (C=O) groups is 1. The van der Waals surface area contributed by atoms with Gasteiger partial charge in [-0.25, -0.2) is 0 Å². The molecule has 2 rings (SSSR count). The smallest absolute Gasteiger partial charge is 0.248 e. The van der Waals surface area contributed by atoms with E-state index in [-0.39, 0.29) is 11.3 Å². The number of aliphatic hydroxyl groups is 1. The van der Waals surface area contributed by atoms with E-state index in [1.54, 1.807) is 0 Å². The summed E-state index contributed by atoms with van der Waals surface area (Å²) in [6.45, 7) is 2.11. The predicted octanol–water partition coefficient (Wildman–Crippen LogP) is 1.22. The number of amides is 1. The molecule has 86 valence electrons. The van der Waals surface area contributed by atoms with Crippen molar-refractivity contribution >= 4 is 5.91 Å². The molecule has 2 N–H and O–H groups in total. The van der Waals surface area contributed by atoms with Crippen molar-refractivity contribution in [3.8, 4) is 0 Å². The SMILES string of the molecule is CC(O)C(=O)NCC1(c2ccccc2)CC1. The summed E-state index contributed by atoms with van der Waals surface area (Å²) in [5, 5.41) is 11.9. The third-order valence-corrected chi connectivity index (χ3v) is 3.22. The van der Waals surface area contributed by atoms with Gasteiger partial charge in [0.05, 0.1) is 0 Å². The Hall–Kier alpha value is -1.35. The molecule has 1 amide bonds. The van der Waals surface area contributed by atoms with Crippen LogP contribution in [-0.4, -0.2) is 23.7 Å². The Kier molecular flexibility index (Phi) is 2.97. The van der Waals surface area contributed by atoms with E-state index in [1.807, 2.05) is 18.2 Å². The molecular weight excluding hydrogens is 202 g/mol. The molecule has 1 aromatic rings. The lowest BCUT2D eigenvalue weighted by Gasteiger charge is -2.17. The second-order valence-corrected chi connectivity index (χ2v) is 4.54. The number of hydrogen-bond acceptors (Lipinski definition) is 2. The molecule has 0 bridgehead atoms. The van der Waals surface area contributed by atoms with E-state index in [4.69, 9.17) is 5.11 Å². The maximum absolute atomic E-state index is 11.3. The molecule has 1 aliphatic rings. The van der Waals surface area contributed by atoms with E-state index in [9.17, 15) is 4.79 Å². The zero-order chi connectivity index (χ0) is 11.6. The largest absolute Gasteiger partial charge is 0.384 e. The summed E-state index contributed by atoms with van der Waals surface area (Å²) in [6, 6.07) is 10.2. The number of carbonyl (C=O) groups excluding carboxylic acids is 1. The van der Waals surface area contributed by atoms with Crippen LogP contribution in [0.25, 0.3) is 0 Å². The monoisotopic (exact) mass is 219 g/mol. The van der Waals surface area contributed by atoms with Crippen LogP contribution in [-0.2, 0) is 10.2 Å². The van der Waals surface area contributed by atoms with E-state index in [0.717, 1.165) is 12.8 Å². The Morgan fingerprint density at radius 2 is 2.06 bits per heavy atom. The molecule has 0 saturated heterocycles. The molecule has 1 atom stereocenters. The normalized spacial score (nSPS) is 18.9. The predicted molar refractivity (Wildman–Crippen MR) is 62.0 cm³/mol. The van der Waals surface area contributed by atoms with E-state index in [2.05, 4.69) is 17.4 Å². The minimum atomic E-state index is -0.924. The summed E-state index contributed by atoms with van der Waals surface area (Å²) in [5.74, 6) is -0.290. The van der Waals surface area contributed by atoms with Crippen molar-refractivity contribution in [1.29, 1.82) is 0 Å². The first-order valence-corrected chi connectivity index (χ1v) is 5.65. The van der Waals surface area contributed by atoms with Crippen LogP contribution in [0.5, 0.6) is 0 Å². The summed E-state index contributed by atoms with van der Waals surface area (Å²) in [6.07, 6.45) is 1.29. The van der Waals surface area contributed by atoms with Gasteiger partial charge in [-0.05, 0) is 25.3 Å². The van der Waals surface area contributed by atoms with Gasteiger partial charge in [-0.15, -0.1) is 0 Å². The third kappa shape index (κ3) is 2.25. The molecule has 0 spiro atoms. The molecule has 0 radical (unpaired) electrons. The van der Waals surface area contributed by atoms with Crippen molar-refractivity contribution < 1.29 is 9.90 Å². The topological polar surface area (TPSA) is 49.3 Å². The molecule has 16 heavy (non-hydrogen) atoms. The fourth-order valence-electron chi connectivity index (χ4n) is 1.91. The van der Waals surface area contributed by atoms with Gasteiger partial charge in [0.2, 0.25) is 5.91 Å². The van der Waals surface area contributed by atoms with Gasteiger partial charge in [0.25, 0.3) is 0 Å². The summed E-state index contributed by atoms with van der Waals surface area (Å²) in [7, 11) is 0. The van der Waals surface area contributed by atoms with Crippen molar-refractivity contribution in [3.05, 3.63) is 35.9 Å². The lowest BCUT2D eigenvalue weighted by atomic mass is 9.96. The van der Waals surface area contributed by atoms with Crippen LogP contribution >= 0.6 is 0 Å². The second kappa shape index (κ2) is 4.26. The van der Waals surface area contributed by atoms with Gasteiger partial charge in [0, 0.05) is 12.0 Å². The van der Waals surface area contributed by atoms with Gasteiger partial charge in [0.15, 0.2) is 0 Å². The lowest BCUT2D eigenvalue weighted by molar-refractivity contribution is -0.128. The zero-order valence-corrected chi connectivity index (χ0v) is 9.44. The minimum absolute atomic E-state index is 0.117. The van der Waals surface area contributed by atoms with Gasteiger partial charge < -0.3 is 10.4 Å². The number of benzene rings is 1. The van der Waals surface area contributed by atoms with Crippen molar-refractivity contribution in [2.45, 2.75) is 31.3 Å². The third-order valence-electron chi connectivity index (χ3n) is 3.22.